The molecule has 2 heterocycles. The zero-order valence-electron chi connectivity index (χ0n) is 15.3. The van der Waals surface area contributed by atoms with Crippen LogP contribution in [0.4, 0.5) is 5.69 Å². The van der Waals surface area contributed by atoms with Gasteiger partial charge in [0.15, 0.2) is 0 Å². The number of anilines is 1. The summed E-state index contributed by atoms with van der Waals surface area (Å²) in [5.74, 6) is 0.0480. The van der Waals surface area contributed by atoms with Gasteiger partial charge in [0.2, 0.25) is 11.8 Å². The number of nitrogens with two attached hydrogens (primary N) is 1. The average molecular weight is 362 g/mol. The number of aryl methyl sites for hydroxylation is 1. The number of nitrogens with one attached hydrogen (secondary N) is 1. The second-order valence-electron chi connectivity index (χ2n) is 6.25. The summed E-state index contributed by atoms with van der Waals surface area (Å²) >= 11 is 0. The Labute approximate surface area is 158 Å². The van der Waals surface area contributed by atoms with E-state index in [-0.39, 0.29) is 5.91 Å². The maximum Gasteiger partial charge on any atom is 0.241 e. The quantitative estimate of drug-likeness (QED) is 0.704. The molecule has 0 fully saturated rings. The number of carbonyl (C=O) groups excluding carboxylic acids is 1. The van der Waals surface area contributed by atoms with Crippen LogP contribution >= 0.6 is 0 Å². The van der Waals surface area contributed by atoms with Gasteiger partial charge in [-0.2, -0.15) is 0 Å². The molecule has 0 unspecified atom stereocenters. The molecular weight excluding hydrogens is 340 g/mol. The van der Waals surface area contributed by atoms with Gasteiger partial charge in [0.25, 0.3) is 0 Å². The third-order valence-electron chi connectivity index (χ3n) is 4.17. The average Bonchev–Trinajstić information content (AvgIpc) is 2.68. The SMILES string of the molecule is COc1ncc(-c2ccnc(C)c2)cc1NC(=O)[C@@H](N)Cc1ccccc1. The number of amides is 1. The Hall–Kier alpha value is -3.25. The number of hydrogen-bond donors (Lipinski definition) is 2. The second kappa shape index (κ2) is 8.42. The number of nitrogens with zero attached hydrogens (tertiary/aromatic N) is 2. The molecule has 3 aromatic rings. The van der Waals surface area contributed by atoms with Crippen LogP contribution in [0.5, 0.6) is 5.88 Å². The first kappa shape index (κ1) is 18.5. The van der Waals surface area contributed by atoms with Crippen LogP contribution in [0.1, 0.15) is 11.3 Å². The molecule has 1 atom stereocenters. The minimum Gasteiger partial charge on any atom is -0.480 e. The zero-order valence-corrected chi connectivity index (χ0v) is 15.3. The number of pyridine rings is 2. The third-order valence-corrected chi connectivity index (χ3v) is 4.17. The summed E-state index contributed by atoms with van der Waals surface area (Å²) in [6, 6.07) is 14.7. The van der Waals surface area contributed by atoms with Crippen LogP contribution in [0.25, 0.3) is 11.1 Å². The molecule has 0 saturated carbocycles. The molecule has 27 heavy (non-hydrogen) atoms. The standard InChI is InChI=1S/C21H22N4O2/c1-14-10-16(8-9-23-14)17-12-19(21(27-2)24-13-17)25-20(26)18(22)11-15-6-4-3-5-7-15/h3-10,12-13,18H,11,22H2,1-2H3,(H,25,26)/t18-/m0/s1. The Morgan fingerprint density at radius 2 is 1.93 bits per heavy atom. The summed E-state index contributed by atoms with van der Waals surface area (Å²) in [7, 11) is 1.51. The smallest absolute Gasteiger partial charge is 0.241 e. The third kappa shape index (κ3) is 4.68. The molecule has 0 aliphatic rings. The van der Waals surface area contributed by atoms with Gasteiger partial charge >= 0.3 is 0 Å². The first-order valence-corrected chi connectivity index (χ1v) is 8.64. The van der Waals surface area contributed by atoms with Crippen molar-refractivity contribution in [1.82, 2.24) is 9.97 Å². The highest BCUT2D eigenvalue weighted by molar-refractivity contribution is 5.96. The minimum absolute atomic E-state index is 0.290. The van der Waals surface area contributed by atoms with Crippen LogP contribution in [0.15, 0.2) is 60.9 Å². The Morgan fingerprint density at radius 1 is 1.15 bits per heavy atom. The number of benzene rings is 1. The lowest BCUT2D eigenvalue weighted by Gasteiger charge is -2.15. The first-order chi connectivity index (χ1) is 13.1. The van der Waals surface area contributed by atoms with E-state index in [9.17, 15) is 4.79 Å². The maximum absolute atomic E-state index is 12.6. The Morgan fingerprint density at radius 3 is 2.63 bits per heavy atom. The van der Waals surface area contributed by atoms with Crippen molar-refractivity contribution in [2.45, 2.75) is 19.4 Å². The lowest BCUT2D eigenvalue weighted by Crippen LogP contribution is -2.37. The van der Waals surface area contributed by atoms with Crippen molar-refractivity contribution in [1.29, 1.82) is 0 Å². The van der Waals surface area contributed by atoms with Crippen LogP contribution in [0, 0.1) is 6.92 Å². The molecule has 0 aliphatic carbocycles. The van der Waals surface area contributed by atoms with E-state index in [2.05, 4.69) is 15.3 Å². The number of ether oxygens (including phenoxy) is 1. The van der Waals surface area contributed by atoms with Gasteiger partial charge in [-0.25, -0.2) is 4.98 Å². The fourth-order valence-corrected chi connectivity index (χ4v) is 2.77. The van der Waals surface area contributed by atoms with E-state index in [1.54, 1.807) is 12.4 Å². The van der Waals surface area contributed by atoms with Gasteiger partial charge in [0.1, 0.15) is 5.69 Å². The fraction of sp³-hybridized carbons (Fsp3) is 0.190. The van der Waals surface area contributed by atoms with E-state index >= 15 is 0 Å². The van der Waals surface area contributed by atoms with Crippen molar-refractivity contribution >= 4 is 11.6 Å². The molecule has 3 N–H and O–H groups in total. The minimum atomic E-state index is -0.677. The summed E-state index contributed by atoms with van der Waals surface area (Å²) in [6.07, 6.45) is 3.89. The van der Waals surface area contributed by atoms with Crippen molar-refractivity contribution in [2.24, 2.45) is 5.73 Å². The highest BCUT2D eigenvalue weighted by atomic mass is 16.5. The predicted molar refractivity (Wildman–Crippen MR) is 106 cm³/mol. The number of methoxy groups -OCH3 is 1. The molecule has 0 bridgehead atoms. The van der Waals surface area contributed by atoms with E-state index in [4.69, 9.17) is 10.5 Å². The molecule has 0 radical (unpaired) electrons. The van der Waals surface area contributed by atoms with Gasteiger partial charge in [-0.15, -0.1) is 0 Å². The van der Waals surface area contributed by atoms with Gasteiger partial charge in [-0.3, -0.25) is 9.78 Å². The summed E-state index contributed by atoms with van der Waals surface area (Å²) in [6.45, 7) is 1.92. The van der Waals surface area contributed by atoms with Crippen molar-refractivity contribution < 1.29 is 9.53 Å². The molecule has 0 aliphatic heterocycles. The van der Waals surface area contributed by atoms with E-state index in [0.717, 1.165) is 22.4 Å². The van der Waals surface area contributed by atoms with E-state index in [0.29, 0.717) is 18.0 Å². The van der Waals surface area contributed by atoms with E-state index < -0.39 is 6.04 Å². The molecule has 1 aromatic carbocycles. The second-order valence-corrected chi connectivity index (χ2v) is 6.25. The molecule has 0 saturated heterocycles. The van der Waals surface area contributed by atoms with Crippen LogP contribution in [-0.2, 0) is 11.2 Å². The summed E-state index contributed by atoms with van der Waals surface area (Å²) in [4.78, 5) is 21.1. The molecule has 6 nitrogen and oxygen atoms in total. The number of hydrogen-bond acceptors (Lipinski definition) is 5. The van der Waals surface area contributed by atoms with Gasteiger partial charge in [-0.1, -0.05) is 30.3 Å². The molecule has 138 valence electrons. The fourth-order valence-electron chi connectivity index (χ4n) is 2.77. The lowest BCUT2D eigenvalue weighted by molar-refractivity contribution is -0.117. The van der Waals surface area contributed by atoms with Crippen LogP contribution in [-0.4, -0.2) is 29.0 Å². The lowest BCUT2D eigenvalue weighted by atomic mass is 10.1. The molecule has 2 aromatic heterocycles. The van der Waals surface area contributed by atoms with Crippen molar-refractivity contribution in [3.63, 3.8) is 0 Å². The van der Waals surface area contributed by atoms with Gasteiger partial charge in [0.05, 0.1) is 13.2 Å². The first-order valence-electron chi connectivity index (χ1n) is 8.64. The highest BCUT2D eigenvalue weighted by Crippen LogP contribution is 2.28. The highest BCUT2D eigenvalue weighted by Gasteiger charge is 2.17. The molecular formula is C21H22N4O2. The van der Waals surface area contributed by atoms with Crippen molar-refractivity contribution in [3.05, 3.63) is 72.2 Å². The van der Waals surface area contributed by atoms with Gasteiger partial charge < -0.3 is 15.8 Å². The van der Waals surface area contributed by atoms with Crippen molar-refractivity contribution in [2.75, 3.05) is 12.4 Å². The Balaban J connectivity index is 1.80. The van der Waals surface area contributed by atoms with Crippen LogP contribution in [0.3, 0.4) is 0 Å². The van der Waals surface area contributed by atoms with Crippen LogP contribution in [0.2, 0.25) is 0 Å². The summed E-state index contributed by atoms with van der Waals surface area (Å²) < 4.78 is 5.28. The topological polar surface area (TPSA) is 90.1 Å². The molecule has 0 spiro atoms. The summed E-state index contributed by atoms with van der Waals surface area (Å²) in [5.41, 5.74) is 10.3. The van der Waals surface area contributed by atoms with Crippen LogP contribution < -0.4 is 15.8 Å². The number of carbonyl (C=O) groups is 1. The molecule has 1 amide bonds. The molecule has 6 heteroatoms. The maximum atomic E-state index is 12.6. The van der Waals surface area contributed by atoms with E-state index in [1.165, 1.54) is 7.11 Å². The van der Waals surface area contributed by atoms with Gasteiger partial charge in [-0.05, 0) is 42.7 Å². The monoisotopic (exact) mass is 362 g/mol. The Bertz CT molecular complexity index is 928. The van der Waals surface area contributed by atoms with Crippen molar-refractivity contribution in [3.8, 4) is 17.0 Å². The zero-order chi connectivity index (χ0) is 19.2. The summed E-state index contributed by atoms with van der Waals surface area (Å²) in [5, 5.41) is 2.84. The predicted octanol–water partition coefficient (Wildman–Crippen LogP) is 2.97. The Kier molecular flexibility index (Phi) is 5.78. The normalized spacial score (nSPS) is 11.7. The number of aromatic nitrogens is 2. The number of rotatable bonds is 6. The van der Waals surface area contributed by atoms with E-state index in [1.807, 2.05) is 55.5 Å². The van der Waals surface area contributed by atoms with Gasteiger partial charge in [0, 0.05) is 23.7 Å². The molecule has 3 rings (SSSR count). The largest absolute Gasteiger partial charge is 0.480 e.